The maximum absolute atomic E-state index is 6.45. The van der Waals surface area contributed by atoms with Crippen molar-refractivity contribution >= 4 is 28.7 Å². The Labute approximate surface area is 194 Å². The number of hydrogen-bond donors (Lipinski definition) is 0. The van der Waals surface area contributed by atoms with Crippen molar-refractivity contribution in [2.24, 2.45) is 0 Å². The van der Waals surface area contributed by atoms with E-state index in [4.69, 9.17) is 11.6 Å². The van der Waals surface area contributed by atoms with Crippen LogP contribution in [0.5, 0.6) is 0 Å². The molecule has 5 aromatic carbocycles. The van der Waals surface area contributed by atoms with Crippen LogP contribution in [0.1, 0.15) is 0 Å². The third-order valence-corrected chi connectivity index (χ3v) is 5.76. The summed E-state index contributed by atoms with van der Waals surface area (Å²) in [4.78, 5) is 2.30. The number of anilines is 3. The first-order valence-corrected chi connectivity index (χ1v) is 11.0. The molecule has 5 aromatic rings. The van der Waals surface area contributed by atoms with Crippen molar-refractivity contribution in [1.29, 1.82) is 0 Å². The largest absolute Gasteiger partial charge is 0.309 e. The minimum atomic E-state index is 0.710. The highest BCUT2D eigenvalue weighted by molar-refractivity contribution is 6.30. The minimum absolute atomic E-state index is 0.710. The van der Waals surface area contributed by atoms with E-state index in [9.17, 15) is 0 Å². The van der Waals surface area contributed by atoms with E-state index in [0.29, 0.717) is 5.02 Å². The predicted molar refractivity (Wildman–Crippen MR) is 137 cm³/mol. The Morgan fingerprint density at radius 1 is 0.438 bits per heavy atom. The number of hydrogen-bond acceptors (Lipinski definition) is 1. The van der Waals surface area contributed by atoms with Crippen LogP contribution >= 0.6 is 11.6 Å². The summed E-state index contributed by atoms with van der Waals surface area (Å²) in [5.74, 6) is 0. The van der Waals surface area contributed by atoms with Gasteiger partial charge in [0, 0.05) is 21.8 Å². The molecule has 5 rings (SSSR count). The van der Waals surface area contributed by atoms with Gasteiger partial charge in [-0.25, -0.2) is 0 Å². The van der Waals surface area contributed by atoms with Crippen LogP contribution in [-0.4, -0.2) is 0 Å². The van der Waals surface area contributed by atoms with Crippen molar-refractivity contribution in [3.05, 3.63) is 138 Å². The molecule has 0 atom stereocenters. The van der Waals surface area contributed by atoms with Crippen molar-refractivity contribution in [1.82, 2.24) is 0 Å². The third-order valence-electron chi connectivity index (χ3n) is 5.53. The maximum atomic E-state index is 6.45. The lowest BCUT2D eigenvalue weighted by molar-refractivity contribution is 1.28. The Morgan fingerprint density at radius 2 is 0.906 bits per heavy atom. The standard InChI is InChI=1S/C30H22ClN/c31-25-16-11-17-26(22-25)32(29-20-9-7-18-27(29)23-12-3-1-4-13-23)30-21-10-8-19-28(30)24-14-5-2-6-15-24/h1-22H. The molecule has 0 aliphatic heterocycles. The fourth-order valence-corrected chi connectivity index (χ4v) is 4.27. The molecule has 0 radical (unpaired) electrons. The number of nitrogens with zero attached hydrogens (tertiary/aromatic N) is 1. The van der Waals surface area contributed by atoms with Crippen LogP contribution in [0.3, 0.4) is 0 Å². The Bertz CT molecular complexity index is 1250. The number of benzene rings is 5. The van der Waals surface area contributed by atoms with E-state index in [1.54, 1.807) is 0 Å². The molecule has 0 aliphatic carbocycles. The Kier molecular flexibility index (Phi) is 5.74. The first-order chi connectivity index (χ1) is 15.8. The molecule has 0 spiro atoms. The summed E-state index contributed by atoms with van der Waals surface area (Å²) in [7, 11) is 0. The fourth-order valence-electron chi connectivity index (χ4n) is 4.08. The summed E-state index contributed by atoms with van der Waals surface area (Å²) in [6.07, 6.45) is 0. The first-order valence-electron chi connectivity index (χ1n) is 10.7. The van der Waals surface area contributed by atoms with Gasteiger partial charge in [-0.15, -0.1) is 0 Å². The van der Waals surface area contributed by atoms with Crippen molar-refractivity contribution in [3.63, 3.8) is 0 Å². The van der Waals surface area contributed by atoms with Gasteiger partial charge in [0.25, 0.3) is 0 Å². The second kappa shape index (κ2) is 9.13. The highest BCUT2D eigenvalue weighted by atomic mass is 35.5. The van der Waals surface area contributed by atoms with Gasteiger partial charge in [0.2, 0.25) is 0 Å². The average molecular weight is 432 g/mol. The van der Waals surface area contributed by atoms with Crippen LogP contribution in [0.2, 0.25) is 5.02 Å². The molecular formula is C30H22ClN. The number of halogens is 1. The van der Waals surface area contributed by atoms with E-state index in [1.807, 2.05) is 30.3 Å². The monoisotopic (exact) mass is 431 g/mol. The molecule has 1 nitrogen and oxygen atoms in total. The summed E-state index contributed by atoms with van der Waals surface area (Å²) >= 11 is 6.45. The van der Waals surface area contributed by atoms with E-state index in [2.05, 4.69) is 108 Å². The smallest absolute Gasteiger partial charge is 0.0540 e. The molecule has 0 aliphatic rings. The van der Waals surface area contributed by atoms with Crippen LogP contribution in [0.15, 0.2) is 133 Å². The zero-order valence-electron chi connectivity index (χ0n) is 17.5. The van der Waals surface area contributed by atoms with Crippen LogP contribution in [0.25, 0.3) is 22.3 Å². The lowest BCUT2D eigenvalue weighted by Crippen LogP contribution is -2.12. The van der Waals surface area contributed by atoms with Crippen LogP contribution in [0.4, 0.5) is 17.1 Å². The molecule has 0 N–H and O–H groups in total. The Morgan fingerprint density at radius 3 is 1.41 bits per heavy atom. The molecule has 32 heavy (non-hydrogen) atoms. The van der Waals surface area contributed by atoms with E-state index in [1.165, 1.54) is 11.1 Å². The van der Waals surface area contributed by atoms with E-state index in [0.717, 1.165) is 28.2 Å². The summed E-state index contributed by atoms with van der Waals surface area (Å²) < 4.78 is 0. The quantitative estimate of drug-likeness (QED) is 0.268. The van der Waals surface area contributed by atoms with Gasteiger partial charge in [-0.05, 0) is 41.5 Å². The lowest BCUT2D eigenvalue weighted by atomic mass is 9.99. The van der Waals surface area contributed by atoms with E-state index < -0.39 is 0 Å². The molecule has 2 heteroatoms. The second-order valence-electron chi connectivity index (χ2n) is 7.58. The average Bonchev–Trinajstić information content (AvgIpc) is 2.86. The van der Waals surface area contributed by atoms with Crippen LogP contribution in [-0.2, 0) is 0 Å². The van der Waals surface area contributed by atoms with Crippen molar-refractivity contribution in [2.75, 3.05) is 4.90 Å². The van der Waals surface area contributed by atoms with Gasteiger partial charge in [0.05, 0.1) is 11.4 Å². The van der Waals surface area contributed by atoms with Crippen molar-refractivity contribution in [2.45, 2.75) is 0 Å². The number of rotatable bonds is 5. The molecule has 0 amide bonds. The number of para-hydroxylation sites is 2. The van der Waals surface area contributed by atoms with Gasteiger partial charge in [-0.2, -0.15) is 0 Å². The molecule has 0 unspecified atom stereocenters. The molecule has 0 heterocycles. The predicted octanol–water partition coefficient (Wildman–Crippen LogP) is 9.14. The van der Waals surface area contributed by atoms with E-state index in [-0.39, 0.29) is 0 Å². The third kappa shape index (κ3) is 4.03. The van der Waals surface area contributed by atoms with E-state index >= 15 is 0 Å². The normalized spacial score (nSPS) is 10.7. The topological polar surface area (TPSA) is 3.24 Å². The molecule has 0 saturated heterocycles. The van der Waals surface area contributed by atoms with Crippen LogP contribution in [0, 0.1) is 0 Å². The summed E-state index contributed by atoms with van der Waals surface area (Å²) in [5.41, 5.74) is 7.89. The van der Waals surface area contributed by atoms with Crippen molar-refractivity contribution < 1.29 is 0 Å². The highest BCUT2D eigenvalue weighted by Crippen LogP contribution is 2.44. The van der Waals surface area contributed by atoms with Gasteiger partial charge in [-0.1, -0.05) is 115 Å². The molecule has 0 aromatic heterocycles. The fraction of sp³-hybridized carbons (Fsp3) is 0. The zero-order valence-corrected chi connectivity index (χ0v) is 18.3. The summed E-state index contributed by atoms with van der Waals surface area (Å²) in [5, 5.41) is 0.710. The second-order valence-corrected chi connectivity index (χ2v) is 8.02. The van der Waals surface area contributed by atoms with Gasteiger partial charge < -0.3 is 4.90 Å². The van der Waals surface area contributed by atoms with Gasteiger partial charge in [-0.3, -0.25) is 0 Å². The Hall–Kier alpha value is -3.81. The lowest BCUT2D eigenvalue weighted by Gasteiger charge is -2.30. The molecular weight excluding hydrogens is 410 g/mol. The Balaban J connectivity index is 1.78. The zero-order chi connectivity index (χ0) is 21.8. The SMILES string of the molecule is Clc1cccc(N(c2ccccc2-c2ccccc2)c2ccccc2-c2ccccc2)c1. The first kappa shape index (κ1) is 20.1. The molecule has 0 saturated carbocycles. The van der Waals surface area contributed by atoms with Crippen LogP contribution < -0.4 is 4.90 Å². The summed E-state index contributed by atoms with van der Waals surface area (Å²) in [6, 6.07) is 46.1. The minimum Gasteiger partial charge on any atom is -0.309 e. The van der Waals surface area contributed by atoms with Gasteiger partial charge in [0.1, 0.15) is 0 Å². The highest BCUT2D eigenvalue weighted by Gasteiger charge is 2.20. The summed E-state index contributed by atoms with van der Waals surface area (Å²) in [6.45, 7) is 0. The maximum Gasteiger partial charge on any atom is 0.0540 e. The molecule has 0 fully saturated rings. The van der Waals surface area contributed by atoms with Crippen molar-refractivity contribution in [3.8, 4) is 22.3 Å². The van der Waals surface area contributed by atoms with Gasteiger partial charge in [0.15, 0.2) is 0 Å². The van der Waals surface area contributed by atoms with Gasteiger partial charge >= 0.3 is 0 Å². The molecule has 154 valence electrons. The molecule has 0 bridgehead atoms.